The van der Waals surface area contributed by atoms with Crippen molar-refractivity contribution in [1.29, 1.82) is 0 Å². The summed E-state index contributed by atoms with van der Waals surface area (Å²) in [5.74, 6) is 0.161. The molecule has 4 aromatic rings. The molecule has 9 heteroatoms. The molecule has 0 saturated carbocycles. The van der Waals surface area contributed by atoms with Crippen LogP contribution in [0.3, 0.4) is 0 Å². The monoisotopic (exact) mass is 497 g/mol. The van der Waals surface area contributed by atoms with Gasteiger partial charge in [-0.3, -0.25) is 14.3 Å². The molecule has 1 amide bonds. The van der Waals surface area contributed by atoms with Crippen molar-refractivity contribution in [1.82, 2.24) is 24.6 Å². The molecule has 2 heterocycles. The van der Waals surface area contributed by atoms with Crippen LogP contribution in [0.1, 0.15) is 16.8 Å². The minimum atomic E-state index is -0.0461. The number of carbonyl (C=O) groups excluding carboxylic acids is 1. The van der Waals surface area contributed by atoms with E-state index in [2.05, 4.69) is 15.2 Å². The molecule has 4 rings (SSSR count). The third kappa shape index (κ3) is 6.13. The molecule has 33 heavy (non-hydrogen) atoms. The Morgan fingerprint density at radius 3 is 2.58 bits per heavy atom. The fraction of sp³-hybridized carbons (Fsp3) is 0.167. The van der Waals surface area contributed by atoms with E-state index in [1.807, 2.05) is 60.0 Å². The Labute approximate surface area is 206 Å². The Balaban J connectivity index is 1.50. The second-order valence-electron chi connectivity index (χ2n) is 7.43. The third-order valence-electron chi connectivity index (χ3n) is 4.94. The molecule has 0 radical (unpaired) electrons. The molecule has 2 aromatic heterocycles. The summed E-state index contributed by atoms with van der Waals surface area (Å²) in [5.41, 5.74) is 3.81. The fourth-order valence-corrected chi connectivity index (χ4v) is 4.35. The van der Waals surface area contributed by atoms with Gasteiger partial charge in [0.25, 0.3) is 0 Å². The maximum atomic E-state index is 13.3. The fourth-order valence-electron chi connectivity index (χ4n) is 3.20. The molecule has 0 spiro atoms. The van der Waals surface area contributed by atoms with E-state index in [0.29, 0.717) is 28.3 Å². The number of nitrogens with zero attached hydrogens (tertiary/aromatic N) is 5. The smallest absolute Gasteiger partial charge is 0.233 e. The molecule has 0 saturated heterocycles. The summed E-state index contributed by atoms with van der Waals surface area (Å²) in [4.78, 5) is 19.4. The number of benzene rings is 2. The van der Waals surface area contributed by atoms with Gasteiger partial charge in [-0.25, -0.2) is 0 Å². The molecular weight excluding hydrogens is 477 g/mol. The molecule has 6 nitrogen and oxygen atoms in total. The standard InChI is InChI=1S/C24H21Cl2N5OS/c1-17-5-8-20(9-6-17)31-16-28-29-24(31)33-15-23(32)30(14-19-4-2-3-11-27-19)13-18-7-10-21(25)22(26)12-18/h2-12,16H,13-15H2,1H3. The highest BCUT2D eigenvalue weighted by molar-refractivity contribution is 7.99. The van der Waals surface area contributed by atoms with Gasteiger partial charge in [-0.1, -0.05) is 64.8 Å². The van der Waals surface area contributed by atoms with Crippen molar-refractivity contribution < 1.29 is 4.79 Å². The summed E-state index contributed by atoms with van der Waals surface area (Å²) in [6.07, 6.45) is 3.37. The number of pyridine rings is 1. The summed E-state index contributed by atoms with van der Waals surface area (Å²) in [6, 6.07) is 19.1. The number of aryl methyl sites for hydroxylation is 1. The molecule has 0 atom stereocenters. The first-order valence-corrected chi connectivity index (χ1v) is 12.0. The molecule has 0 unspecified atom stereocenters. The van der Waals surface area contributed by atoms with E-state index in [1.54, 1.807) is 29.6 Å². The van der Waals surface area contributed by atoms with Gasteiger partial charge in [-0.05, 0) is 48.9 Å². The number of amides is 1. The van der Waals surface area contributed by atoms with Crippen LogP contribution in [0, 0.1) is 6.92 Å². The predicted octanol–water partition coefficient (Wildman–Crippen LogP) is 5.60. The number of hydrogen-bond donors (Lipinski definition) is 0. The van der Waals surface area contributed by atoms with Gasteiger partial charge in [-0.2, -0.15) is 0 Å². The largest absolute Gasteiger partial charge is 0.332 e. The van der Waals surface area contributed by atoms with Crippen LogP contribution in [-0.2, 0) is 17.9 Å². The van der Waals surface area contributed by atoms with Crippen LogP contribution >= 0.6 is 35.0 Å². The van der Waals surface area contributed by atoms with Crippen molar-refractivity contribution in [2.75, 3.05) is 5.75 Å². The van der Waals surface area contributed by atoms with Gasteiger partial charge >= 0.3 is 0 Å². The van der Waals surface area contributed by atoms with Gasteiger partial charge in [0, 0.05) is 18.4 Å². The number of halogens is 2. The third-order valence-corrected chi connectivity index (χ3v) is 6.61. The van der Waals surface area contributed by atoms with Crippen LogP contribution in [0.4, 0.5) is 0 Å². The summed E-state index contributed by atoms with van der Waals surface area (Å²) < 4.78 is 1.87. The summed E-state index contributed by atoms with van der Waals surface area (Å²) in [7, 11) is 0. The summed E-state index contributed by atoms with van der Waals surface area (Å²) >= 11 is 13.6. The zero-order valence-corrected chi connectivity index (χ0v) is 20.2. The first-order valence-electron chi connectivity index (χ1n) is 10.2. The maximum absolute atomic E-state index is 13.3. The van der Waals surface area contributed by atoms with E-state index >= 15 is 0 Å². The van der Waals surface area contributed by atoms with E-state index in [0.717, 1.165) is 16.9 Å². The van der Waals surface area contributed by atoms with Gasteiger partial charge in [0.1, 0.15) is 6.33 Å². The first-order chi connectivity index (χ1) is 16.0. The van der Waals surface area contributed by atoms with Crippen molar-refractivity contribution in [3.05, 3.63) is 100 Å². The van der Waals surface area contributed by atoms with Gasteiger partial charge in [-0.15, -0.1) is 10.2 Å². The number of carbonyl (C=O) groups is 1. The Morgan fingerprint density at radius 2 is 1.85 bits per heavy atom. The second kappa shape index (κ2) is 10.8. The van der Waals surface area contributed by atoms with Crippen molar-refractivity contribution in [3.63, 3.8) is 0 Å². The van der Waals surface area contributed by atoms with Crippen molar-refractivity contribution in [2.45, 2.75) is 25.2 Å². The number of rotatable bonds is 8. The topological polar surface area (TPSA) is 63.9 Å². The predicted molar refractivity (Wildman–Crippen MR) is 132 cm³/mol. The van der Waals surface area contributed by atoms with Gasteiger partial charge in [0.15, 0.2) is 5.16 Å². The van der Waals surface area contributed by atoms with Crippen LogP contribution in [-0.4, -0.2) is 36.3 Å². The maximum Gasteiger partial charge on any atom is 0.233 e. The molecule has 0 N–H and O–H groups in total. The highest BCUT2D eigenvalue weighted by Gasteiger charge is 2.18. The van der Waals surface area contributed by atoms with E-state index < -0.39 is 0 Å². The van der Waals surface area contributed by atoms with Crippen molar-refractivity contribution in [3.8, 4) is 5.69 Å². The second-order valence-corrected chi connectivity index (χ2v) is 9.18. The zero-order valence-electron chi connectivity index (χ0n) is 17.9. The summed E-state index contributed by atoms with van der Waals surface area (Å²) in [5, 5.41) is 9.81. The first kappa shape index (κ1) is 23.3. The van der Waals surface area contributed by atoms with Gasteiger partial charge < -0.3 is 4.90 Å². The van der Waals surface area contributed by atoms with E-state index in [4.69, 9.17) is 23.2 Å². The number of hydrogen-bond acceptors (Lipinski definition) is 5. The lowest BCUT2D eigenvalue weighted by Crippen LogP contribution is -2.32. The Hall–Kier alpha value is -2.87. The van der Waals surface area contributed by atoms with Crippen molar-refractivity contribution >= 4 is 40.9 Å². The molecule has 0 bridgehead atoms. The van der Waals surface area contributed by atoms with Crippen molar-refractivity contribution in [2.24, 2.45) is 0 Å². The number of aromatic nitrogens is 4. The Bertz CT molecular complexity index is 1230. The molecular formula is C24H21Cl2N5OS. The normalized spacial score (nSPS) is 10.9. The minimum Gasteiger partial charge on any atom is -0.332 e. The Morgan fingerprint density at radius 1 is 1.03 bits per heavy atom. The SMILES string of the molecule is Cc1ccc(-n2cnnc2SCC(=O)N(Cc2ccc(Cl)c(Cl)c2)Cc2ccccn2)cc1. The van der Waals surface area contributed by atoms with E-state index in [-0.39, 0.29) is 11.7 Å². The lowest BCUT2D eigenvalue weighted by molar-refractivity contribution is -0.129. The lowest BCUT2D eigenvalue weighted by Gasteiger charge is -2.22. The van der Waals surface area contributed by atoms with Crippen LogP contribution in [0.25, 0.3) is 5.69 Å². The quantitative estimate of drug-likeness (QED) is 0.296. The van der Waals surface area contributed by atoms with E-state index in [9.17, 15) is 4.79 Å². The van der Waals surface area contributed by atoms with Gasteiger partial charge in [0.2, 0.25) is 5.91 Å². The van der Waals surface area contributed by atoms with Gasteiger partial charge in [0.05, 0.1) is 28.0 Å². The van der Waals surface area contributed by atoms with Crippen LogP contribution in [0.5, 0.6) is 0 Å². The molecule has 0 aliphatic rings. The van der Waals surface area contributed by atoms with Crippen LogP contribution < -0.4 is 0 Å². The average molecular weight is 498 g/mol. The lowest BCUT2D eigenvalue weighted by atomic mass is 10.2. The zero-order chi connectivity index (χ0) is 23.2. The average Bonchev–Trinajstić information content (AvgIpc) is 3.29. The molecule has 168 valence electrons. The number of thioether (sulfide) groups is 1. The Kier molecular flexibility index (Phi) is 7.65. The highest BCUT2D eigenvalue weighted by Crippen LogP contribution is 2.25. The highest BCUT2D eigenvalue weighted by atomic mass is 35.5. The molecule has 0 fully saturated rings. The minimum absolute atomic E-state index is 0.0461. The van der Waals surface area contributed by atoms with Crippen LogP contribution in [0.15, 0.2) is 78.3 Å². The molecule has 0 aliphatic heterocycles. The molecule has 2 aromatic carbocycles. The van der Waals surface area contributed by atoms with Crippen LogP contribution in [0.2, 0.25) is 10.0 Å². The van der Waals surface area contributed by atoms with E-state index in [1.165, 1.54) is 17.3 Å². The molecule has 0 aliphatic carbocycles. The summed E-state index contributed by atoms with van der Waals surface area (Å²) in [6.45, 7) is 2.80.